The van der Waals surface area contributed by atoms with Gasteiger partial charge < -0.3 is 20.3 Å². The SMILES string of the molecule is CNc1cc(Cl)ccc1[C@]1(C=O)[C@@H](c2ccnc(Cl)c2F)[C@H](C(=O)N[C@H]2CC[C@H](CN3CCC(C#Cc4ccn5c(N6CCC(=O)NC6=O)cnc5c4)CC3)CC2)CC12CCC(C)(C)CC2. The minimum Gasteiger partial charge on any atom is -0.388 e. The Hall–Kier alpha value is -5.03. The fourth-order valence-corrected chi connectivity index (χ4v) is 12.5. The number of halogens is 3. The standard InChI is InChI=1S/C51H59Cl2FN8O4/c1-49(2)17-19-50(20-18-49)28-38(44(37-12-21-56-46(53)45(37)54)51(50,31-63)39-11-8-35(52)27-40(39)55-3)47(65)58-36-9-6-34(7-10-36)30-60-22-13-32(14-23-60)4-5-33-15-24-61-41(26-33)57-29-43(61)62-25-16-42(64)59-48(62)66/h8,11-12,15,21,24,26-27,29,31-32,34,36,38,44,55H,6-7,9-10,13-14,16-20,22-23,25,28,30H2,1-3H3,(H,58,65)(H,59,64,66)/t34-,36-,38-,44+,51-/m1/s1. The Kier molecular flexibility index (Phi) is 13.0. The fourth-order valence-electron chi connectivity index (χ4n) is 12.2. The number of pyridine rings is 2. The lowest BCUT2D eigenvalue weighted by Crippen LogP contribution is -2.50. The van der Waals surface area contributed by atoms with Gasteiger partial charge in [0.2, 0.25) is 11.8 Å². The molecule has 3 atom stereocenters. The van der Waals surface area contributed by atoms with Crippen molar-refractivity contribution >= 4 is 64.5 Å². The molecular weight excluding hydrogens is 879 g/mol. The van der Waals surface area contributed by atoms with E-state index in [-0.39, 0.29) is 40.4 Å². The van der Waals surface area contributed by atoms with Crippen molar-refractivity contribution in [2.24, 2.45) is 28.6 Å². The lowest BCUT2D eigenvalue weighted by Gasteiger charge is -2.51. The number of benzene rings is 1. The van der Waals surface area contributed by atoms with E-state index in [1.54, 1.807) is 25.4 Å². The number of carbonyl (C=O) groups excluding carboxylic acids is 4. The molecule has 1 spiro atoms. The number of piperidine rings is 1. The van der Waals surface area contributed by atoms with E-state index >= 15 is 4.39 Å². The number of amides is 4. The monoisotopic (exact) mass is 936 g/mol. The summed E-state index contributed by atoms with van der Waals surface area (Å²) in [6.07, 6.45) is 15.6. The van der Waals surface area contributed by atoms with Crippen molar-refractivity contribution in [1.82, 2.24) is 29.9 Å². The molecule has 15 heteroatoms. The number of hydrogen-bond donors (Lipinski definition) is 3. The molecular formula is C51H59Cl2FN8O4. The van der Waals surface area contributed by atoms with Crippen LogP contribution < -0.4 is 20.9 Å². The zero-order chi connectivity index (χ0) is 46.4. The van der Waals surface area contributed by atoms with Gasteiger partial charge in [-0.05, 0) is 142 Å². The van der Waals surface area contributed by atoms with E-state index in [1.165, 1.54) is 11.1 Å². The highest BCUT2D eigenvalue weighted by Crippen LogP contribution is 2.70. The zero-order valence-electron chi connectivity index (χ0n) is 38.0. The van der Waals surface area contributed by atoms with Crippen LogP contribution in [0.15, 0.2) is 55.0 Å². The number of carbonyl (C=O) groups is 4. The third-order valence-corrected chi connectivity index (χ3v) is 16.4. The number of imidazole rings is 1. The topological polar surface area (TPSA) is 141 Å². The van der Waals surface area contributed by atoms with E-state index in [1.807, 2.05) is 34.9 Å². The average molecular weight is 938 g/mol. The van der Waals surface area contributed by atoms with Crippen molar-refractivity contribution in [3.8, 4) is 11.8 Å². The summed E-state index contributed by atoms with van der Waals surface area (Å²) in [5, 5.41) is 9.33. The molecule has 5 heterocycles. The van der Waals surface area contributed by atoms with Crippen molar-refractivity contribution in [3.63, 3.8) is 0 Å². The second kappa shape index (κ2) is 18.6. The molecule has 2 aliphatic heterocycles. The number of anilines is 2. The van der Waals surface area contributed by atoms with E-state index in [4.69, 9.17) is 23.2 Å². The van der Waals surface area contributed by atoms with Crippen LogP contribution in [0.1, 0.15) is 114 Å². The summed E-state index contributed by atoms with van der Waals surface area (Å²) in [5.41, 5.74) is 1.41. The molecule has 3 aromatic heterocycles. The molecule has 348 valence electrons. The summed E-state index contributed by atoms with van der Waals surface area (Å²) in [6, 6.07) is 10.5. The molecule has 4 amide bonds. The van der Waals surface area contributed by atoms with E-state index in [2.05, 4.69) is 56.5 Å². The molecule has 2 saturated heterocycles. The summed E-state index contributed by atoms with van der Waals surface area (Å²) in [5.74, 6) is 5.69. The molecule has 3 saturated carbocycles. The van der Waals surface area contributed by atoms with Gasteiger partial charge in [-0.1, -0.05) is 55.0 Å². The van der Waals surface area contributed by atoms with Crippen LogP contribution in [0.25, 0.3) is 5.65 Å². The predicted octanol–water partition coefficient (Wildman–Crippen LogP) is 8.93. The van der Waals surface area contributed by atoms with Crippen LogP contribution in [0.4, 0.5) is 20.7 Å². The minimum absolute atomic E-state index is 0.0140. The van der Waals surface area contributed by atoms with Gasteiger partial charge in [-0.2, -0.15) is 0 Å². The molecule has 9 rings (SSSR count). The smallest absolute Gasteiger partial charge is 0.329 e. The molecule has 12 nitrogen and oxygen atoms in total. The Morgan fingerprint density at radius 3 is 2.45 bits per heavy atom. The molecule has 0 bridgehead atoms. The Balaban J connectivity index is 0.843. The number of rotatable bonds is 9. The minimum atomic E-state index is -1.25. The van der Waals surface area contributed by atoms with Crippen molar-refractivity contribution < 1.29 is 23.6 Å². The maximum Gasteiger partial charge on any atom is 0.329 e. The van der Waals surface area contributed by atoms with Crippen LogP contribution in [0.2, 0.25) is 10.2 Å². The van der Waals surface area contributed by atoms with Crippen LogP contribution >= 0.6 is 23.2 Å². The number of nitrogens with zero attached hydrogens (tertiary/aromatic N) is 5. The fraction of sp³-hybridized carbons (Fsp3) is 0.529. The van der Waals surface area contributed by atoms with Crippen LogP contribution in [0.3, 0.4) is 0 Å². The lowest BCUT2D eigenvalue weighted by molar-refractivity contribution is -0.126. The molecule has 5 aliphatic rings. The van der Waals surface area contributed by atoms with Gasteiger partial charge in [0.1, 0.15) is 17.8 Å². The molecule has 0 unspecified atom stereocenters. The van der Waals surface area contributed by atoms with Gasteiger partial charge in [0.25, 0.3) is 0 Å². The highest BCUT2D eigenvalue weighted by atomic mass is 35.5. The maximum atomic E-state index is 16.4. The second-order valence-corrected chi connectivity index (χ2v) is 21.0. The lowest BCUT2D eigenvalue weighted by atomic mass is 9.51. The highest BCUT2D eigenvalue weighted by molar-refractivity contribution is 6.31. The van der Waals surface area contributed by atoms with Crippen LogP contribution in [-0.4, -0.2) is 82.7 Å². The summed E-state index contributed by atoms with van der Waals surface area (Å²) < 4.78 is 18.3. The quantitative estimate of drug-likeness (QED) is 0.0859. The number of fused-ring (bicyclic) bond motifs is 1. The molecule has 1 aromatic carbocycles. The van der Waals surface area contributed by atoms with Crippen molar-refractivity contribution in [3.05, 3.63) is 87.7 Å². The van der Waals surface area contributed by atoms with Gasteiger partial charge in [0.15, 0.2) is 11.0 Å². The molecule has 66 heavy (non-hydrogen) atoms. The Labute approximate surface area is 396 Å². The van der Waals surface area contributed by atoms with E-state index < -0.39 is 34.5 Å². The first-order valence-electron chi connectivity index (χ1n) is 23.6. The predicted molar refractivity (Wildman–Crippen MR) is 254 cm³/mol. The maximum absolute atomic E-state index is 16.4. The third-order valence-electron chi connectivity index (χ3n) is 15.9. The van der Waals surface area contributed by atoms with Gasteiger partial charge in [0, 0.05) is 79.0 Å². The molecule has 0 radical (unpaired) electrons. The second-order valence-electron chi connectivity index (χ2n) is 20.3. The molecule has 3 aliphatic carbocycles. The largest absolute Gasteiger partial charge is 0.388 e. The molecule has 4 aromatic rings. The Bertz CT molecular complexity index is 2580. The molecule has 5 fully saturated rings. The van der Waals surface area contributed by atoms with Gasteiger partial charge in [-0.3, -0.25) is 24.2 Å². The first kappa shape index (κ1) is 46.1. The summed E-state index contributed by atoms with van der Waals surface area (Å²) in [6.45, 7) is 7.81. The average Bonchev–Trinajstić information content (AvgIpc) is 3.85. The van der Waals surface area contributed by atoms with Crippen LogP contribution in [0, 0.1) is 46.2 Å². The first-order chi connectivity index (χ1) is 31.7. The van der Waals surface area contributed by atoms with Gasteiger partial charge in [-0.25, -0.2) is 19.2 Å². The number of likely N-dealkylation sites (tertiary alicyclic amines) is 1. The molecule has 3 N–H and O–H groups in total. The van der Waals surface area contributed by atoms with Gasteiger partial charge in [-0.15, -0.1) is 0 Å². The zero-order valence-corrected chi connectivity index (χ0v) is 39.5. The van der Waals surface area contributed by atoms with Crippen LogP contribution in [-0.2, 0) is 19.8 Å². The van der Waals surface area contributed by atoms with Gasteiger partial charge >= 0.3 is 6.03 Å². The normalized spacial score (nSPS) is 26.7. The number of nitrogens with one attached hydrogen (secondary N) is 3. The van der Waals surface area contributed by atoms with Gasteiger partial charge in [0.05, 0.1) is 11.6 Å². The third kappa shape index (κ3) is 8.69. The van der Waals surface area contributed by atoms with Crippen molar-refractivity contribution in [2.75, 3.05) is 43.4 Å². The Morgan fingerprint density at radius 2 is 1.74 bits per heavy atom. The Morgan fingerprint density at radius 1 is 0.985 bits per heavy atom. The van der Waals surface area contributed by atoms with E-state index in [0.717, 1.165) is 101 Å². The number of aldehydes is 1. The van der Waals surface area contributed by atoms with E-state index in [9.17, 15) is 19.2 Å². The first-order valence-corrected chi connectivity index (χ1v) is 24.4. The van der Waals surface area contributed by atoms with E-state index in [0.29, 0.717) is 47.0 Å². The summed E-state index contributed by atoms with van der Waals surface area (Å²) in [7, 11) is 1.80. The highest BCUT2D eigenvalue weighted by Gasteiger charge is 2.68. The van der Waals surface area contributed by atoms with Crippen molar-refractivity contribution in [2.45, 2.75) is 108 Å². The number of imide groups is 1. The number of aromatic nitrogens is 3. The number of hydrogen-bond acceptors (Lipinski definition) is 8. The number of urea groups is 1. The van der Waals surface area contributed by atoms with Crippen molar-refractivity contribution in [1.29, 1.82) is 0 Å². The summed E-state index contributed by atoms with van der Waals surface area (Å²) >= 11 is 12.9. The van der Waals surface area contributed by atoms with Crippen LogP contribution in [0.5, 0.6) is 0 Å². The summed E-state index contributed by atoms with van der Waals surface area (Å²) in [4.78, 5) is 65.8.